The maximum atomic E-state index is 2.43. The zero-order valence-electron chi connectivity index (χ0n) is 18.7. The van der Waals surface area contributed by atoms with Crippen molar-refractivity contribution in [2.75, 3.05) is 11.9 Å². The summed E-state index contributed by atoms with van der Waals surface area (Å²) in [4.78, 5) is 3.64. The summed E-state index contributed by atoms with van der Waals surface area (Å²) in [6.07, 6.45) is 6.79. The first-order valence-corrected chi connectivity index (χ1v) is 11.9. The van der Waals surface area contributed by atoms with Gasteiger partial charge in [0.2, 0.25) is 5.69 Å². The van der Waals surface area contributed by atoms with E-state index in [0.717, 1.165) is 6.54 Å². The first kappa shape index (κ1) is 20.5. The van der Waals surface area contributed by atoms with Crippen LogP contribution in [0.4, 0.5) is 5.69 Å². The van der Waals surface area contributed by atoms with Gasteiger partial charge in [-0.3, -0.25) is 0 Å². The Labute approximate surface area is 194 Å². The number of aryl methyl sites for hydroxylation is 1. The fraction of sp³-hybridized carbons (Fsp3) is 0.138. The minimum atomic E-state index is 0.943. The van der Waals surface area contributed by atoms with Crippen LogP contribution in [0.2, 0.25) is 0 Å². The minimum absolute atomic E-state index is 0.943. The first-order chi connectivity index (χ1) is 15.7. The van der Waals surface area contributed by atoms with Crippen LogP contribution in [0.25, 0.3) is 34.5 Å². The molecule has 0 saturated carbocycles. The van der Waals surface area contributed by atoms with Crippen molar-refractivity contribution in [1.82, 2.24) is 0 Å². The van der Waals surface area contributed by atoms with Gasteiger partial charge in [0, 0.05) is 30.1 Å². The average Bonchev–Trinajstić information content (AvgIpc) is 3.16. The number of hydrogen-bond acceptors (Lipinski definition) is 2. The van der Waals surface area contributed by atoms with Crippen LogP contribution in [-0.2, 0) is 6.54 Å². The summed E-state index contributed by atoms with van der Waals surface area (Å²) in [6, 6.07) is 28.0. The predicted molar refractivity (Wildman–Crippen MR) is 138 cm³/mol. The second-order valence-corrected chi connectivity index (χ2v) is 9.29. The molecule has 2 nitrogen and oxygen atoms in total. The van der Waals surface area contributed by atoms with Crippen molar-refractivity contribution in [2.45, 2.75) is 20.4 Å². The van der Waals surface area contributed by atoms with Crippen LogP contribution in [0.5, 0.6) is 0 Å². The van der Waals surface area contributed by atoms with Crippen LogP contribution in [0.1, 0.15) is 22.4 Å². The zero-order chi connectivity index (χ0) is 22.1. The van der Waals surface area contributed by atoms with E-state index in [1.165, 1.54) is 49.2 Å². The normalized spacial score (nSPS) is 14.1. The Balaban J connectivity index is 1.52. The standard InChI is InChI=1S/C29H27N2S/c1-4-31-28(32-21(2)29(31)23-13-9-6-10-14-23)20-26-17-15-25-19-24(16-18-27(25)30(26)3)22-11-7-5-8-12-22/h5-20H,4H2,1-3H3/q+1. The molecule has 1 aliphatic rings. The van der Waals surface area contributed by atoms with E-state index >= 15 is 0 Å². The Morgan fingerprint density at radius 3 is 2.22 bits per heavy atom. The van der Waals surface area contributed by atoms with Crippen LogP contribution in [0.15, 0.2) is 90.6 Å². The topological polar surface area (TPSA) is 7.12 Å². The number of aromatic nitrogens is 1. The number of nitrogens with zero attached hydrogens (tertiary/aromatic N) is 2. The molecule has 0 bridgehead atoms. The summed E-state index contributed by atoms with van der Waals surface area (Å²) in [7, 11) is 2.16. The lowest BCUT2D eigenvalue weighted by Gasteiger charge is -2.26. The van der Waals surface area contributed by atoms with Gasteiger partial charge in [-0.15, -0.1) is 0 Å². The van der Waals surface area contributed by atoms with Gasteiger partial charge in [-0.25, -0.2) is 0 Å². The fourth-order valence-corrected chi connectivity index (χ4v) is 5.59. The quantitative estimate of drug-likeness (QED) is 0.307. The predicted octanol–water partition coefficient (Wildman–Crippen LogP) is 7.20. The Morgan fingerprint density at radius 1 is 0.844 bits per heavy atom. The lowest BCUT2D eigenvalue weighted by atomic mass is 9.99. The third kappa shape index (κ3) is 3.69. The van der Waals surface area contributed by atoms with Gasteiger partial charge in [0.25, 0.3) is 5.01 Å². The Kier molecular flexibility index (Phi) is 5.50. The van der Waals surface area contributed by atoms with Crippen LogP contribution < -0.4 is 9.47 Å². The number of anilines is 1. The molecule has 3 aromatic carbocycles. The van der Waals surface area contributed by atoms with E-state index in [0.29, 0.717) is 0 Å². The number of benzene rings is 3. The number of rotatable bonds is 4. The van der Waals surface area contributed by atoms with E-state index in [1.54, 1.807) is 0 Å². The van der Waals surface area contributed by atoms with Crippen molar-refractivity contribution in [3.8, 4) is 22.4 Å². The lowest BCUT2D eigenvalue weighted by Crippen LogP contribution is -2.36. The van der Waals surface area contributed by atoms with Crippen molar-refractivity contribution in [3.05, 3.63) is 106 Å². The monoisotopic (exact) mass is 435 g/mol. The largest absolute Gasteiger partial charge is 0.344 e. The Morgan fingerprint density at radius 2 is 1.53 bits per heavy atom. The van der Waals surface area contributed by atoms with E-state index in [4.69, 9.17) is 0 Å². The van der Waals surface area contributed by atoms with Gasteiger partial charge in [-0.1, -0.05) is 72.0 Å². The summed E-state index contributed by atoms with van der Waals surface area (Å²) in [5.41, 5.74) is 8.78. The molecule has 3 heteroatoms. The average molecular weight is 436 g/mol. The van der Waals surface area contributed by atoms with Gasteiger partial charge in [-0.2, -0.15) is 4.57 Å². The first-order valence-electron chi connectivity index (χ1n) is 11.1. The molecule has 0 spiro atoms. The molecule has 2 heterocycles. The molecule has 0 saturated heterocycles. The molecule has 0 unspecified atom stereocenters. The highest BCUT2D eigenvalue weighted by molar-refractivity contribution is 7.12. The van der Waals surface area contributed by atoms with Gasteiger partial charge < -0.3 is 4.90 Å². The van der Waals surface area contributed by atoms with Gasteiger partial charge in [0.1, 0.15) is 6.54 Å². The van der Waals surface area contributed by atoms with Crippen LogP contribution in [0, 0.1) is 6.92 Å². The van der Waals surface area contributed by atoms with Crippen molar-refractivity contribution >= 4 is 29.2 Å². The van der Waals surface area contributed by atoms with E-state index in [9.17, 15) is 0 Å². The second-order valence-electron chi connectivity index (χ2n) is 8.06. The smallest absolute Gasteiger partial charge is 0.264 e. The fourth-order valence-electron chi connectivity index (χ4n) is 4.44. The number of thiazole rings is 1. The third-order valence-electron chi connectivity index (χ3n) is 6.08. The maximum absolute atomic E-state index is 2.43. The van der Waals surface area contributed by atoms with E-state index in [-0.39, 0.29) is 0 Å². The third-order valence-corrected chi connectivity index (χ3v) is 7.13. The molecule has 32 heavy (non-hydrogen) atoms. The zero-order valence-corrected chi connectivity index (χ0v) is 19.6. The highest BCUT2D eigenvalue weighted by Gasteiger charge is 2.24. The maximum Gasteiger partial charge on any atom is 0.264 e. The SMILES string of the molecule is CC[n+]1c(C=C2C=Cc3cc(-c4ccccc4)ccc3N2C)sc(C)c1-c1ccccc1. The van der Waals surface area contributed by atoms with Gasteiger partial charge >= 0.3 is 0 Å². The molecule has 0 N–H and O–H groups in total. The number of likely N-dealkylation sites (N-methyl/N-ethyl adjacent to an activating group) is 1. The van der Waals surface area contributed by atoms with Crippen LogP contribution in [0.3, 0.4) is 0 Å². The molecule has 0 fully saturated rings. The summed E-state index contributed by atoms with van der Waals surface area (Å²) in [5, 5.41) is 1.28. The molecule has 0 amide bonds. The van der Waals surface area contributed by atoms with E-state index < -0.39 is 0 Å². The number of allylic oxidation sites excluding steroid dienone is 1. The molecule has 1 aromatic heterocycles. The molecular formula is C29H27N2S+. The highest BCUT2D eigenvalue weighted by atomic mass is 32.1. The molecule has 0 atom stereocenters. The highest BCUT2D eigenvalue weighted by Crippen LogP contribution is 2.35. The summed E-state index contributed by atoms with van der Waals surface area (Å²) < 4.78 is 2.43. The van der Waals surface area contributed by atoms with Crippen LogP contribution >= 0.6 is 11.3 Å². The Bertz CT molecular complexity index is 1310. The van der Waals surface area contributed by atoms with Gasteiger partial charge in [0.15, 0.2) is 0 Å². The van der Waals surface area contributed by atoms with Crippen molar-refractivity contribution in [3.63, 3.8) is 0 Å². The molecule has 1 aliphatic heterocycles. The minimum Gasteiger partial charge on any atom is -0.344 e. The summed E-state index contributed by atoms with van der Waals surface area (Å²) in [6.45, 7) is 5.39. The van der Waals surface area contributed by atoms with Crippen LogP contribution in [-0.4, -0.2) is 7.05 Å². The van der Waals surface area contributed by atoms with Gasteiger partial charge in [0.05, 0.1) is 4.88 Å². The molecular weight excluding hydrogens is 408 g/mol. The van der Waals surface area contributed by atoms with Crippen molar-refractivity contribution in [1.29, 1.82) is 0 Å². The van der Waals surface area contributed by atoms with Gasteiger partial charge in [-0.05, 0) is 60.9 Å². The lowest BCUT2D eigenvalue weighted by molar-refractivity contribution is -0.679. The molecule has 4 aromatic rings. The molecule has 5 rings (SSSR count). The van der Waals surface area contributed by atoms with E-state index in [1.807, 2.05) is 11.3 Å². The second kappa shape index (κ2) is 8.60. The molecule has 0 aliphatic carbocycles. The Hall–Kier alpha value is -3.43. The number of fused-ring (bicyclic) bond motifs is 1. The van der Waals surface area contributed by atoms with Crippen molar-refractivity contribution < 1.29 is 4.57 Å². The number of hydrogen-bond donors (Lipinski definition) is 0. The molecule has 158 valence electrons. The molecule has 0 radical (unpaired) electrons. The summed E-state index contributed by atoms with van der Waals surface area (Å²) >= 11 is 1.86. The van der Waals surface area contributed by atoms with E-state index in [2.05, 4.69) is 127 Å². The van der Waals surface area contributed by atoms with Crippen molar-refractivity contribution in [2.24, 2.45) is 0 Å². The summed E-state index contributed by atoms with van der Waals surface area (Å²) in [5.74, 6) is 0.